The van der Waals surface area contributed by atoms with Crippen molar-refractivity contribution in [1.29, 1.82) is 0 Å². The number of hydrogen-bond donors (Lipinski definition) is 4. The Morgan fingerprint density at radius 3 is 2.79 bits per heavy atom. The molecular formula is C4H5N7S3. The quantitative estimate of drug-likeness (QED) is 0.589. The summed E-state index contributed by atoms with van der Waals surface area (Å²) in [4.78, 5) is 5.16. The van der Waals surface area contributed by atoms with E-state index in [2.05, 4.69) is 25.7 Å². The SMILES string of the molecule is Nc1nc(=S)[nH]n1Nc1n[nH]c(=S)s1. The second-order valence-corrected chi connectivity index (χ2v) is 4.30. The average molecular weight is 247 g/mol. The molecule has 0 saturated heterocycles. The van der Waals surface area contributed by atoms with Crippen molar-refractivity contribution in [2.24, 2.45) is 0 Å². The molecule has 2 aromatic rings. The lowest BCUT2D eigenvalue weighted by molar-refractivity contribution is 0.802. The number of nitrogens with two attached hydrogens (primary N) is 1. The molecule has 2 heterocycles. The van der Waals surface area contributed by atoms with E-state index in [4.69, 9.17) is 30.2 Å². The van der Waals surface area contributed by atoms with E-state index in [0.717, 1.165) is 0 Å². The first-order valence-corrected chi connectivity index (χ1v) is 5.05. The molecule has 5 N–H and O–H groups in total. The fourth-order valence-electron chi connectivity index (χ4n) is 0.791. The zero-order valence-corrected chi connectivity index (χ0v) is 9.09. The summed E-state index contributed by atoms with van der Waals surface area (Å²) in [6.45, 7) is 0. The van der Waals surface area contributed by atoms with Crippen LogP contribution in [0.25, 0.3) is 0 Å². The summed E-state index contributed by atoms with van der Waals surface area (Å²) in [5.74, 6) is 0.233. The van der Waals surface area contributed by atoms with E-state index >= 15 is 0 Å². The number of hydrogen-bond acceptors (Lipinski definition) is 7. The molecule has 0 aromatic carbocycles. The van der Waals surface area contributed by atoms with Crippen molar-refractivity contribution in [3.05, 3.63) is 8.73 Å². The Hall–Kier alpha value is -1.26. The maximum atomic E-state index is 5.53. The Kier molecular flexibility index (Phi) is 2.31. The summed E-state index contributed by atoms with van der Waals surface area (Å²) in [7, 11) is 0. The first-order chi connectivity index (χ1) is 6.65. The molecule has 0 spiro atoms. The van der Waals surface area contributed by atoms with Crippen molar-refractivity contribution in [2.75, 3.05) is 11.2 Å². The smallest absolute Gasteiger partial charge is 0.238 e. The van der Waals surface area contributed by atoms with Gasteiger partial charge in [0.1, 0.15) is 0 Å². The van der Waals surface area contributed by atoms with Gasteiger partial charge in [0.05, 0.1) is 0 Å². The third-order valence-corrected chi connectivity index (χ3v) is 2.47. The van der Waals surface area contributed by atoms with Crippen molar-refractivity contribution < 1.29 is 0 Å². The van der Waals surface area contributed by atoms with Gasteiger partial charge >= 0.3 is 0 Å². The Morgan fingerprint density at radius 2 is 2.29 bits per heavy atom. The van der Waals surface area contributed by atoms with E-state index in [9.17, 15) is 0 Å². The lowest BCUT2D eigenvalue weighted by atomic mass is 11.1. The topological polar surface area (TPSA) is 100 Å². The van der Waals surface area contributed by atoms with Crippen LogP contribution in [0.15, 0.2) is 0 Å². The van der Waals surface area contributed by atoms with Crippen molar-refractivity contribution >= 4 is 46.9 Å². The lowest BCUT2D eigenvalue weighted by Gasteiger charge is -2.01. The monoisotopic (exact) mass is 247 g/mol. The van der Waals surface area contributed by atoms with Crippen LogP contribution in [0.1, 0.15) is 0 Å². The minimum absolute atomic E-state index is 0.233. The summed E-state index contributed by atoms with van der Waals surface area (Å²) in [6.07, 6.45) is 0. The zero-order chi connectivity index (χ0) is 10.1. The molecule has 0 radical (unpaired) electrons. The van der Waals surface area contributed by atoms with Gasteiger partial charge in [-0.25, -0.2) is 5.43 Å². The first kappa shape index (κ1) is 9.30. The van der Waals surface area contributed by atoms with Crippen LogP contribution in [0.4, 0.5) is 11.1 Å². The molecule has 2 aromatic heterocycles. The van der Waals surface area contributed by atoms with Crippen LogP contribution in [0.5, 0.6) is 0 Å². The molecule has 0 aliphatic carbocycles. The molecule has 0 aliphatic rings. The summed E-state index contributed by atoms with van der Waals surface area (Å²) < 4.78 is 0.874. The number of nitrogen functional groups attached to an aromatic ring is 1. The predicted octanol–water partition coefficient (Wildman–Crippen LogP) is 0.912. The minimum Gasteiger partial charge on any atom is -0.367 e. The second kappa shape index (κ2) is 3.48. The van der Waals surface area contributed by atoms with Crippen LogP contribution < -0.4 is 11.2 Å². The van der Waals surface area contributed by atoms with Gasteiger partial charge in [0.2, 0.25) is 15.9 Å². The van der Waals surface area contributed by atoms with E-state index in [0.29, 0.717) is 13.9 Å². The molecule has 0 aliphatic heterocycles. The van der Waals surface area contributed by atoms with Crippen molar-refractivity contribution in [2.45, 2.75) is 0 Å². The van der Waals surface area contributed by atoms with E-state index in [1.54, 1.807) is 0 Å². The van der Waals surface area contributed by atoms with Gasteiger partial charge < -0.3 is 5.73 Å². The highest BCUT2D eigenvalue weighted by molar-refractivity contribution is 7.73. The van der Waals surface area contributed by atoms with Gasteiger partial charge in [-0.3, -0.25) is 10.2 Å². The molecule has 0 amide bonds. The van der Waals surface area contributed by atoms with Crippen molar-refractivity contribution in [3.8, 4) is 0 Å². The number of nitrogens with zero attached hydrogens (tertiary/aromatic N) is 3. The molecule has 0 atom stereocenters. The number of anilines is 2. The van der Waals surface area contributed by atoms with Crippen LogP contribution in [0.2, 0.25) is 0 Å². The number of aromatic amines is 2. The molecule has 0 bridgehead atoms. The number of nitrogens with one attached hydrogen (secondary N) is 3. The van der Waals surface area contributed by atoms with E-state index < -0.39 is 0 Å². The highest BCUT2D eigenvalue weighted by atomic mass is 32.1. The van der Waals surface area contributed by atoms with Gasteiger partial charge in [-0.1, -0.05) is 11.3 Å². The summed E-state index contributed by atoms with van der Waals surface area (Å²) in [6, 6.07) is 0. The number of H-pyrrole nitrogens is 2. The largest absolute Gasteiger partial charge is 0.367 e. The van der Waals surface area contributed by atoms with Crippen LogP contribution in [0.3, 0.4) is 0 Å². The normalized spacial score (nSPS) is 10.3. The second-order valence-electron chi connectivity index (χ2n) is 2.25. The van der Waals surface area contributed by atoms with Gasteiger partial charge in [-0.05, 0) is 24.4 Å². The van der Waals surface area contributed by atoms with Crippen LogP contribution in [-0.4, -0.2) is 25.1 Å². The number of aromatic nitrogens is 5. The lowest BCUT2D eigenvalue weighted by Crippen LogP contribution is -2.13. The zero-order valence-electron chi connectivity index (χ0n) is 6.64. The van der Waals surface area contributed by atoms with Gasteiger partial charge in [0, 0.05) is 0 Å². The molecule has 7 nitrogen and oxygen atoms in total. The Bertz CT molecular complexity index is 544. The fourth-order valence-corrected chi connectivity index (χ4v) is 1.75. The highest BCUT2D eigenvalue weighted by Crippen LogP contribution is 2.11. The predicted molar refractivity (Wildman–Crippen MR) is 58.1 cm³/mol. The average Bonchev–Trinajstić information content (AvgIpc) is 2.61. The van der Waals surface area contributed by atoms with Gasteiger partial charge in [-0.15, -0.1) is 5.10 Å². The third-order valence-electron chi connectivity index (χ3n) is 1.30. The Labute approximate surface area is 91.9 Å². The van der Waals surface area contributed by atoms with Crippen molar-refractivity contribution in [1.82, 2.24) is 25.1 Å². The van der Waals surface area contributed by atoms with Gasteiger partial charge in [-0.2, -0.15) is 9.77 Å². The maximum Gasteiger partial charge on any atom is 0.238 e. The molecule has 0 fully saturated rings. The summed E-state index contributed by atoms with van der Waals surface area (Å²) in [5, 5.41) is 9.78. The number of rotatable bonds is 2. The Morgan fingerprint density at radius 1 is 1.50 bits per heavy atom. The van der Waals surface area contributed by atoms with E-state index in [1.165, 1.54) is 16.1 Å². The summed E-state index contributed by atoms with van der Waals surface area (Å²) >= 11 is 10.9. The van der Waals surface area contributed by atoms with Crippen LogP contribution >= 0.6 is 35.8 Å². The fraction of sp³-hybridized carbons (Fsp3) is 0. The maximum absolute atomic E-state index is 5.53. The molecule has 10 heteroatoms. The standard InChI is InChI=1S/C4H5N7S3/c5-1-6-2(12)9-11(1)10-3-7-8-4(13)14-3/h(H,7,10)(H,8,13)(H3,5,6,9,12). The minimum atomic E-state index is 0.233. The highest BCUT2D eigenvalue weighted by Gasteiger charge is 2.01. The van der Waals surface area contributed by atoms with E-state index in [1.807, 2.05) is 0 Å². The first-order valence-electron chi connectivity index (χ1n) is 3.42. The third kappa shape index (κ3) is 1.81. The molecule has 0 unspecified atom stereocenters. The molecule has 2 rings (SSSR count). The molecule has 0 saturated carbocycles. The summed E-state index contributed by atoms with van der Waals surface area (Å²) in [5.41, 5.74) is 8.36. The van der Waals surface area contributed by atoms with Crippen molar-refractivity contribution in [3.63, 3.8) is 0 Å². The van der Waals surface area contributed by atoms with Crippen LogP contribution in [0, 0.1) is 8.73 Å². The van der Waals surface area contributed by atoms with Gasteiger partial charge in [0.15, 0.2) is 3.95 Å². The Balaban J connectivity index is 2.31. The molecular weight excluding hydrogens is 242 g/mol. The van der Waals surface area contributed by atoms with E-state index in [-0.39, 0.29) is 5.95 Å². The van der Waals surface area contributed by atoms with Crippen LogP contribution in [-0.2, 0) is 0 Å². The van der Waals surface area contributed by atoms with Gasteiger partial charge in [0.25, 0.3) is 0 Å². The molecule has 74 valence electrons. The molecule has 14 heavy (non-hydrogen) atoms.